The van der Waals surface area contributed by atoms with E-state index in [2.05, 4.69) is 4.98 Å². The Bertz CT molecular complexity index is 663. The Morgan fingerprint density at radius 2 is 1.94 bits per heavy atom. The number of nitrogens with one attached hydrogen (secondary N) is 1. The van der Waals surface area contributed by atoms with Gasteiger partial charge in [0.05, 0.1) is 0 Å². The molecule has 1 aromatic heterocycles. The molecule has 5 nitrogen and oxygen atoms in total. The quantitative estimate of drug-likeness (QED) is 0.681. The summed E-state index contributed by atoms with van der Waals surface area (Å²) < 4.78 is 20.1. The summed E-state index contributed by atoms with van der Waals surface area (Å²) in [6, 6.07) is 7.12. The van der Waals surface area contributed by atoms with E-state index in [-0.39, 0.29) is 0 Å². The van der Waals surface area contributed by atoms with Crippen molar-refractivity contribution in [2.75, 3.05) is 7.11 Å². The fraction of sp³-hybridized carbons (Fsp3) is 0.0909. The third-order valence-corrected chi connectivity index (χ3v) is 9.23. The summed E-state index contributed by atoms with van der Waals surface area (Å²) in [5.74, 6) is -0.226. The third-order valence-electron chi connectivity index (χ3n) is 2.52. The predicted molar refractivity (Wildman–Crippen MR) is 59.3 cm³/mol. The average molecular weight is 437 g/mol. The normalized spacial score (nSPS) is 9.89. The predicted octanol–water partition coefficient (Wildman–Crippen LogP) is -0.145. The van der Waals surface area contributed by atoms with Gasteiger partial charge in [0.15, 0.2) is 0 Å². The van der Waals surface area contributed by atoms with Gasteiger partial charge < -0.3 is 0 Å². The van der Waals surface area contributed by atoms with E-state index in [0.717, 1.165) is 11.6 Å². The number of H-pyrrole nitrogens is 1. The van der Waals surface area contributed by atoms with Gasteiger partial charge >= 0.3 is 114 Å². The minimum absolute atomic E-state index is 0.543. The van der Waals surface area contributed by atoms with Gasteiger partial charge in [-0.25, -0.2) is 0 Å². The summed E-state index contributed by atoms with van der Waals surface area (Å²) in [4.78, 5) is 25.2. The van der Waals surface area contributed by atoms with E-state index in [1.807, 2.05) is 0 Å². The van der Waals surface area contributed by atoms with Crippen molar-refractivity contribution >= 4 is 3.07 Å². The van der Waals surface area contributed by atoms with E-state index in [1.165, 1.54) is 0 Å². The zero-order chi connectivity index (χ0) is 13.1. The van der Waals surface area contributed by atoms with Crippen LogP contribution in [0.25, 0.3) is 0 Å². The van der Waals surface area contributed by atoms with Crippen molar-refractivity contribution < 1.29 is 34.0 Å². The molecule has 1 N–H and O–H groups in total. The van der Waals surface area contributed by atoms with E-state index in [9.17, 15) is 14.0 Å². The first-order chi connectivity index (χ1) is 8.61. The third kappa shape index (κ3) is 2.69. The molecule has 1 aromatic carbocycles. The second-order valence-corrected chi connectivity index (χ2v) is 10.5. The summed E-state index contributed by atoms with van der Waals surface area (Å²) in [6.45, 7) is 0. The molecule has 0 unspecified atom stereocenters. The van der Waals surface area contributed by atoms with Crippen molar-refractivity contribution in [2.45, 2.75) is 0 Å². The number of rotatable bonds is 3. The molecular formula is C11H9FHgN2O3. The fourth-order valence-electron chi connectivity index (χ4n) is 1.54. The maximum absolute atomic E-state index is 13.1. The van der Waals surface area contributed by atoms with Crippen LogP contribution in [-0.4, -0.2) is 14.4 Å². The molecule has 0 aliphatic heterocycles. The Morgan fingerprint density at radius 3 is 2.56 bits per heavy atom. The molecular weight excluding hydrogens is 428 g/mol. The van der Waals surface area contributed by atoms with Crippen LogP contribution < -0.4 is 19.1 Å². The van der Waals surface area contributed by atoms with Gasteiger partial charge in [-0.05, 0) is 0 Å². The number of hydrogen-bond donors (Lipinski definition) is 1. The number of nitrogens with zero attached hydrogens (tertiary/aromatic N) is 1. The molecule has 0 aliphatic rings. The van der Waals surface area contributed by atoms with Crippen molar-refractivity contribution in [3.8, 4) is 5.75 Å². The van der Waals surface area contributed by atoms with E-state index in [0.29, 0.717) is 5.75 Å². The van der Waals surface area contributed by atoms with Gasteiger partial charge in [-0.3, -0.25) is 0 Å². The van der Waals surface area contributed by atoms with Crippen LogP contribution in [0, 0.1) is 5.82 Å². The number of methoxy groups -OCH3 is 1. The van der Waals surface area contributed by atoms with Gasteiger partial charge in [-0.2, -0.15) is 0 Å². The van der Waals surface area contributed by atoms with Gasteiger partial charge in [-0.15, -0.1) is 0 Å². The maximum atomic E-state index is 13.1. The van der Waals surface area contributed by atoms with Crippen molar-refractivity contribution in [1.82, 2.24) is 7.32 Å². The summed E-state index contributed by atoms with van der Waals surface area (Å²) in [5, 5.41) is 0. The minimum atomic E-state index is -2.20. The van der Waals surface area contributed by atoms with Crippen LogP contribution in [0.1, 0.15) is 0 Å². The molecule has 2 aromatic rings. The molecule has 90 valence electrons. The van der Waals surface area contributed by atoms with Gasteiger partial charge in [-0.1, -0.05) is 0 Å². The molecule has 1 heterocycles. The van der Waals surface area contributed by atoms with Crippen molar-refractivity contribution in [1.29, 1.82) is 0 Å². The second kappa shape index (κ2) is 5.47. The second-order valence-electron chi connectivity index (χ2n) is 3.68. The van der Waals surface area contributed by atoms with Crippen LogP contribution in [0.3, 0.4) is 0 Å². The van der Waals surface area contributed by atoms with Gasteiger partial charge in [0.25, 0.3) is 0 Å². The summed E-state index contributed by atoms with van der Waals surface area (Å²) in [7, 11) is 1.56. The first-order valence-corrected chi connectivity index (χ1v) is 10.4. The molecule has 0 amide bonds. The van der Waals surface area contributed by atoms with Crippen molar-refractivity contribution in [2.24, 2.45) is 0 Å². The number of hydrogen-bond acceptors (Lipinski definition) is 3. The zero-order valence-corrected chi connectivity index (χ0v) is 15.1. The summed E-state index contributed by atoms with van der Waals surface area (Å²) in [5.41, 5.74) is -1.38. The Balaban J connectivity index is 2.37. The topological polar surface area (TPSA) is 64.1 Å². The number of ether oxygens (including phenoxy) is 1. The van der Waals surface area contributed by atoms with Gasteiger partial charge in [0.2, 0.25) is 0 Å². The summed E-state index contributed by atoms with van der Waals surface area (Å²) >= 11 is -2.20. The SMILES string of the molecule is COc1cc[c]([Hg][n]2c(=O)[nH]cc(F)c2=O)cc1. The summed E-state index contributed by atoms with van der Waals surface area (Å²) in [6.07, 6.45) is 0.795. The Kier molecular flexibility index (Phi) is 3.95. The van der Waals surface area contributed by atoms with Crippen LogP contribution in [0.5, 0.6) is 5.75 Å². The van der Waals surface area contributed by atoms with Crippen LogP contribution in [0.4, 0.5) is 4.39 Å². The number of aromatic nitrogens is 2. The Labute approximate surface area is 114 Å². The first-order valence-electron chi connectivity index (χ1n) is 5.23. The molecule has 18 heavy (non-hydrogen) atoms. The number of benzene rings is 1. The monoisotopic (exact) mass is 438 g/mol. The van der Waals surface area contributed by atoms with Gasteiger partial charge in [0, 0.05) is 0 Å². The average Bonchev–Trinajstić information content (AvgIpc) is 2.40. The van der Waals surface area contributed by atoms with E-state index in [4.69, 9.17) is 4.74 Å². The van der Waals surface area contributed by atoms with Crippen LogP contribution in [0.2, 0.25) is 0 Å². The van der Waals surface area contributed by atoms with E-state index >= 15 is 0 Å². The number of halogens is 1. The molecule has 0 atom stereocenters. The van der Waals surface area contributed by atoms with Crippen LogP contribution >= 0.6 is 0 Å². The van der Waals surface area contributed by atoms with Gasteiger partial charge in [0.1, 0.15) is 0 Å². The van der Waals surface area contributed by atoms with E-state index in [1.54, 1.807) is 31.4 Å². The first kappa shape index (κ1) is 13.0. The molecule has 0 saturated heterocycles. The van der Waals surface area contributed by atoms with Crippen LogP contribution in [0.15, 0.2) is 40.1 Å². The molecule has 0 saturated carbocycles. The Hall–Kier alpha value is -1.43. The molecule has 2 rings (SSSR count). The molecule has 7 heteroatoms. The molecule has 0 spiro atoms. The van der Waals surface area contributed by atoms with Crippen molar-refractivity contribution in [3.63, 3.8) is 0 Å². The zero-order valence-electron chi connectivity index (χ0n) is 9.64. The molecule has 0 fully saturated rings. The molecule has 0 bridgehead atoms. The molecule has 0 radical (unpaired) electrons. The standard InChI is InChI=1S/C7H7O.C4H3FN2O2.Hg/c1-8-7-5-3-2-4-6-7;5-2-1-6-4(9)7-3(2)8;/h3-6H,1H3;1H,(H2,6,7,8,9);/q;;+1/p-1. The van der Waals surface area contributed by atoms with E-state index < -0.39 is 41.9 Å². The fourth-order valence-corrected chi connectivity index (χ4v) is 6.76. The Morgan fingerprint density at radius 1 is 1.28 bits per heavy atom. The van der Waals surface area contributed by atoms with Crippen molar-refractivity contribution in [3.05, 3.63) is 57.1 Å². The molecule has 0 aliphatic carbocycles. The van der Waals surface area contributed by atoms with Crippen LogP contribution in [-0.2, 0) is 24.9 Å². The number of aromatic amines is 1.